The maximum atomic E-state index is 11.3. The lowest BCUT2D eigenvalue weighted by atomic mass is 10.1. The molecule has 0 N–H and O–H groups in total. The van der Waals surface area contributed by atoms with Crippen molar-refractivity contribution in [3.8, 4) is 11.8 Å². The monoisotopic (exact) mass is 386 g/mol. The number of benzene rings is 2. The van der Waals surface area contributed by atoms with Crippen LogP contribution in [-0.4, -0.2) is 49.2 Å². The summed E-state index contributed by atoms with van der Waals surface area (Å²) in [6.45, 7) is 4.31. The van der Waals surface area contributed by atoms with Crippen molar-refractivity contribution in [3.63, 3.8) is 0 Å². The fourth-order valence-electron chi connectivity index (χ4n) is 3.04. The predicted octanol–water partition coefficient (Wildman–Crippen LogP) is 3.32. The van der Waals surface area contributed by atoms with E-state index in [1.807, 2.05) is 23.1 Å². The summed E-state index contributed by atoms with van der Waals surface area (Å²) in [5, 5.41) is 21.0. The molecule has 1 fully saturated rings. The maximum Gasteiger partial charge on any atom is 0.293 e. The molecular formula is C19H19ClN4O3. The van der Waals surface area contributed by atoms with Crippen LogP contribution in [0.4, 0.5) is 11.4 Å². The van der Waals surface area contributed by atoms with Gasteiger partial charge in [0.15, 0.2) is 0 Å². The average molecular weight is 387 g/mol. The van der Waals surface area contributed by atoms with Gasteiger partial charge in [-0.15, -0.1) is 0 Å². The van der Waals surface area contributed by atoms with Crippen molar-refractivity contribution >= 4 is 23.0 Å². The van der Waals surface area contributed by atoms with Crippen LogP contribution in [0.2, 0.25) is 5.02 Å². The molecule has 8 heteroatoms. The molecule has 2 aromatic rings. The molecule has 0 aromatic heterocycles. The molecule has 140 valence electrons. The molecule has 0 amide bonds. The summed E-state index contributed by atoms with van der Waals surface area (Å²) >= 11 is 5.85. The number of halogens is 1. The Hall–Kier alpha value is -2.82. The number of nitriles is 1. The first-order chi connectivity index (χ1) is 13.1. The summed E-state index contributed by atoms with van der Waals surface area (Å²) in [7, 11) is 0. The van der Waals surface area contributed by atoms with Crippen molar-refractivity contribution in [1.29, 1.82) is 5.26 Å². The molecule has 1 aliphatic heterocycles. The Labute approximate surface area is 162 Å². The predicted molar refractivity (Wildman–Crippen MR) is 103 cm³/mol. The van der Waals surface area contributed by atoms with Crippen molar-refractivity contribution in [2.75, 3.05) is 44.2 Å². The number of hydrogen-bond donors (Lipinski definition) is 0. The second-order valence-electron chi connectivity index (χ2n) is 6.20. The number of nitrogens with zero attached hydrogens (tertiary/aromatic N) is 4. The SMILES string of the molecule is N#Cc1ccc(N2CCN(CCOc3ccc(Cl)cc3)CC2)c([N+](=O)[O-])c1. The number of rotatable bonds is 6. The number of hydrogen-bond acceptors (Lipinski definition) is 6. The molecule has 0 saturated carbocycles. The molecule has 27 heavy (non-hydrogen) atoms. The van der Waals surface area contributed by atoms with E-state index in [1.54, 1.807) is 24.3 Å². The van der Waals surface area contributed by atoms with Gasteiger partial charge >= 0.3 is 0 Å². The zero-order valence-electron chi connectivity index (χ0n) is 14.7. The lowest BCUT2D eigenvalue weighted by Crippen LogP contribution is -2.47. The van der Waals surface area contributed by atoms with E-state index in [4.69, 9.17) is 21.6 Å². The highest BCUT2D eigenvalue weighted by atomic mass is 35.5. The highest BCUT2D eigenvalue weighted by Crippen LogP contribution is 2.29. The van der Waals surface area contributed by atoms with Crippen molar-refractivity contribution in [2.45, 2.75) is 0 Å². The van der Waals surface area contributed by atoms with Gasteiger partial charge in [0.2, 0.25) is 0 Å². The topological polar surface area (TPSA) is 82.6 Å². The molecule has 1 heterocycles. The fourth-order valence-corrected chi connectivity index (χ4v) is 3.17. The van der Waals surface area contributed by atoms with Crippen LogP contribution in [0, 0.1) is 21.4 Å². The summed E-state index contributed by atoms with van der Waals surface area (Å²) in [5.41, 5.74) is 0.841. The lowest BCUT2D eigenvalue weighted by Gasteiger charge is -2.35. The van der Waals surface area contributed by atoms with Crippen molar-refractivity contribution < 1.29 is 9.66 Å². The quantitative estimate of drug-likeness (QED) is 0.559. The van der Waals surface area contributed by atoms with Crippen LogP contribution < -0.4 is 9.64 Å². The van der Waals surface area contributed by atoms with Gasteiger partial charge in [-0.05, 0) is 36.4 Å². The van der Waals surface area contributed by atoms with Crippen LogP contribution in [0.25, 0.3) is 0 Å². The van der Waals surface area contributed by atoms with E-state index in [0.29, 0.717) is 36.0 Å². The maximum absolute atomic E-state index is 11.3. The van der Waals surface area contributed by atoms with E-state index < -0.39 is 4.92 Å². The molecule has 0 atom stereocenters. The van der Waals surface area contributed by atoms with Gasteiger partial charge in [-0.25, -0.2) is 0 Å². The zero-order valence-corrected chi connectivity index (χ0v) is 15.4. The van der Waals surface area contributed by atoms with Crippen molar-refractivity contribution in [2.24, 2.45) is 0 Å². The standard InChI is InChI=1S/C19H19ClN4O3/c20-16-2-4-17(5-3-16)27-12-11-22-7-9-23(10-8-22)18-6-1-15(14-21)13-19(18)24(25)26/h1-6,13H,7-12H2. The Kier molecular flexibility index (Phi) is 6.12. The Morgan fingerprint density at radius 1 is 1.15 bits per heavy atom. The third-order valence-corrected chi connectivity index (χ3v) is 4.76. The first-order valence-electron chi connectivity index (χ1n) is 8.61. The Morgan fingerprint density at radius 3 is 2.48 bits per heavy atom. The van der Waals surface area contributed by atoms with E-state index in [-0.39, 0.29) is 5.69 Å². The van der Waals surface area contributed by atoms with Crippen LogP contribution in [-0.2, 0) is 0 Å². The number of anilines is 1. The lowest BCUT2D eigenvalue weighted by molar-refractivity contribution is -0.384. The molecule has 7 nitrogen and oxygen atoms in total. The molecule has 2 aromatic carbocycles. The van der Waals surface area contributed by atoms with Gasteiger partial charge in [0.25, 0.3) is 5.69 Å². The normalized spacial score (nSPS) is 14.6. The number of piperazine rings is 1. The minimum absolute atomic E-state index is 0.0198. The summed E-state index contributed by atoms with van der Waals surface area (Å²) in [5.74, 6) is 0.784. The van der Waals surface area contributed by atoms with E-state index in [0.717, 1.165) is 25.4 Å². The van der Waals surface area contributed by atoms with E-state index in [1.165, 1.54) is 6.07 Å². The molecule has 0 aliphatic carbocycles. The molecule has 1 aliphatic rings. The largest absolute Gasteiger partial charge is 0.492 e. The van der Waals surface area contributed by atoms with E-state index >= 15 is 0 Å². The summed E-state index contributed by atoms with van der Waals surface area (Å²) in [6, 6.07) is 13.8. The number of nitro groups is 1. The minimum atomic E-state index is -0.428. The van der Waals surface area contributed by atoms with E-state index in [2.05, 4.69) is 4.90 Å². The summed E-state index contributed by atoms with van der Waals surface area (Å²) in [4.78, 5) is 15.2. The Balaban J connectivity index is 1.52. The van der Waals surface area contributed by atoms with Gasteiger partial charge in [0.1, 0.15) is 18.0 Å². The second kappa shape index (κ2) is 8.71. The van der Waals surface area contributed by atoms with Crippen LogP contribution >= 0.6 is 11.6 Å². The highest BCUT2D eigenvalue weighted by molar-refractivity contribution is 6.30. The summed E-state index contributed by atoms with van der Waals surface area (Å²) < 4.78 is 5.72. The van der Waals surface area contributed by atoms with Crippen molar-refractivity contribution in [3.05, 3.63) is 63.2 Å². The Bertz CT molecular complexity index is 843. The fraction of sp³-hybridized carbons (Fsp3) is 0.316. The molecule has 0 unspecified atom stereocenters. The summed E-state index contributed by atoms with van der Waals surface area (Å²) in [6.07, 6.45) is 0. The average Bonchev–Trinajstić information content (AvgIpc) is 2.69. The van der Waals surface area contributed by atoms with Gasteiger partial charge in [0, 0.05) is 43.8 Å². The smallest absolute Gasteiger partial charge is 0.293 e. The highest BCUT2D eigenvalue weighted by Gasteiger charge is 2.24. The van der Waals surface area contributed by atoms with Crippen LogP contribution in [0.15, 0.2) is 42.5 Å². The van der Waals surface area contributed by atoms with Crippen molar-refractivity contribution in [1.82, 2.24) is 4.90 Å². The molecule has 0 spiro atoms. The minimum Gasteiger partial charge on any atom is -0.492 e. The first-order valence-corrected chi connectivity index (χ1v) is 8.99. The van der Waals surface area contributed by atoms with Gasteiger partial charge in [-0.3, -0.25) is 15.0 Å². The molecule has 3 rings (SSSR count). The van der Waals surface area contributed by atoms with Crippen LogP contribution in [0.5, 0.6) is 5.75 Å². The zero-order chi connectivity index (χ0) is 19.2. The molecular weight excluding hydrogens is 368 g/mol. The van der Waals surface area contributed by atoms with Crippen LogP contribution in [0.1, 0.15) is 5.56 Å². The van der Waals surface area contributed by atoms with E-state index in [9.17, 15) is 10.1 Å². The third kappa shape index (κ3) is 4.88. The number of ether oxygens (including phenoxy) is 1. The second-order valence-corrected chi connectivity index (χ2v) is 6.64. The molecule has 0 radical (unpaired) electrons. The third-order valence-electron chi connectivity index (χ3n) is 4.50. The Morgan fingerprint density at radius 2 is 1.85 bits per heavy atom. The van der Waals surface area contributed by atoms with Gasteiger partial charge < -0.3 is 9.64 Å². The van der Waals surface area contributed by atoms with Gasteiger partial charge in [0.05, 0.1) is 16.6 Å². The number of nitro benzene ring substituents is 1. The molecule has 1 saturated heterocycles. The van der Waals surface area contributed by atoms with Crippen LogP contribution in [0.3, 0.4) is 0 Å². The van der Waals surface area contributed by atoms with Gasteiger partial charge in [-0.1, -0.05) is 11.6 Å². The van der Waals surface area contributed by atoms with Gasteiger partial charge in [-0.2, -0.15) is 5.26 Å². The first kappa shape index (κ1) is 19.0. The molecule has 0 bridgehead atoms.